The lowest BCUT2D eigenvalue weighted by Gasteiger charge is -2.18. The molecular formula is C75H130O6. The topological polar surface area (TPSA) is 78.9 Å². The van der Waals surface area contributed by atoms with Gasteiger partial charge in [0.05, 0.1) is 0 Å². The van der Waals surface area contributed by atoms with Crippen LogP contribution in [0.1, 0.15) is 342 Å². The number of carbonyl (C=O) groups excluding carboxylic acids is 3. The number of ether oxygens (including phenoxy) is 3. The minimum atomic E-state index is -0.820. The first-order chi connectivity index (χ1) is 40.0. The largest absolute Gasteiger partial charge is 0.462 e. The van der Waals surface area contributed by atoms with Crippen molar-refractivity contribution in [1.29, 1.82) is 0 Å². The van der Waals surface area contributed by atoms with Crippen molar-refractivity contribution in [2.75, 3.05) is 13.2 Å². The van der Waals surface area contributed by atoms with Gasteiger partial charge < -0.3 is 14.2 Å². The first kappa shape index (κ1) is 77.3. The van der Waals surface area contributed by atoms with Crippen LogP contribution >= 0.6 is 0 Å². The van der Waals surface area contributed by atoms with Crippen molar-refractivity contribution in [1.82, 2.24) is 0 Å². The van der Waals surface area contributed by atoms with E-state index in [1.165, 1.54) is 193 Å². The molecule has 0 amide bonds. The fraction of sp³-hybridized carbons (Fsp3) is 0.747. The van der Waals surface area contributed by atoms with E-state index in [1.807, 2.05) is 0 Å². The zero-order valence-corrected chi connectivity index (χ0v) is 53.5. The molecule has 0 fully saturated rings. The molecule has 466 valence electrons. The highest BCUT2D eigenvalue weighted by atomic mass is 16.6. The van der Waals surface area contributed by atoms with Crippen LogP contribution in [0.4, 0.5) is 0 Å². The molecule has 0 rings (SSSR count). The normalized spacial score (nSPS) is 12.7. The van der Waals surface area contributed by atoms with Gasteiger partial charge in [0.1, 0.15) is 13.2 Å². The third-order valence-electron chi connectivity index (χ3n) is 15.1. The molecule has 0 radical (unpaired) electrons. The van der Waals surface area contributed by atoms with Crippen molar-refractivity contribution in [2.45, 2.75) is 348 Å². The van der Waals surface area contributed by atoms with Crippen LogP contribution in [0, 0.1) is 0 Å². The van der Waals surface area contributed by atoms with E-state index in [1.54, 1.807) is 0 Å². The van der Waals surface area contributed by atoms with E-state index in [9.17, 15) is 14.4 Å². The average molecular weight is 1130 g/mol. The summed E-state index contributed by atoms with van der Waals surface area (Å²) in [6, 6.07) is 0. The van der Waals surface area contributed by atoms with Crippen LogP contribution in [-0.4, -0.2) is 37.2 Å². The monoisotopic (exact) mass is 1130 g/mol. The van der Waals surface area contributed by atoms with Gasteiger partial charge in [0.15, 0.2) is 6.10 Å². The summed E-state index contributed by atoms with van der Waals surface area (Å²) >= 11 is 0. The van der Waals surface area contributed by atoms with Crippen LogP contribution in [0.5, 0.6) is 0 Å². The maximum Gasteiger partial charge on any atom is 0.306 e. The van der Waals surface area contributed by atoms with Gasteiger partial charge in [0.2, 0.25) is 0 Å². The van der Waals surface area contributed by atoms with Crippen molar-refractivity contribution >= 4 is 17.9 Å². The summed E-state index contributed by atoms with van der Waals surface area (Å²) in [5.74, 6) is -0.987. The van der Waals surface area contributed by atoms with Crippen LogP contribution in [-0.2, 0) is 28.6 Å². The third kappa shape index (κ3) is 67.0. The molecule has 81 heavy (non-hydrogen) atoms. The van der Waals surface area contributed by atoms with Gasteiger partial charge >= 0.3 is 17.9 Å². The van der Waals surface area contributed by atoms with Crippen molar-refractivity contribution in [3.63, 3.8) is 0 Å². The summed E-state index contributed by atoms with van der Waals surface area (Å²) < 4.78 is 16.8. The first-order valence-electron chi connectivity index (χ1n) is 34.7. The highest BCUT2D eigenvalue weighted by Gasteiger charge is 2.19. The van der Waals surface area contributed by atoms with Crippen LogP contribution in [0.25, 0.3) is 0 Å². The molecule has 0 aromatic heterocycles. The zero-order valence-electron chi connectivity index (χ0n) is 53.5. The van der Waals surface area contributed by atoms with Gasteiger partial charge in [0.25, 0.3) is 0 Å². The molecule has 0 saturated heterocycles. The van der Waals surface area contributed by atoms with Crippen molar-refractivity contribution < 1.29 is 28.6 Å². The Morgan fingerprint density at radius 2 is 0.494 bits per heavy atom. The SMILES string of the molecule is CC/C=C\C/C=C\C/C=C\C/C=C\C/C=C\CCCC(=O)OC(COC(=O)CCCCC/C=C\C/C=C\C/C=C\CC)COC(=O)CCCCCCCCCCCCCCCCCCCCCCCCCCCCCCCCCCC. The Labute approximate surface area is 502 Å². The third-order valence-corrected chi connectivity index (χ3v) is 15.1. The lowest BCUT2D eigenvalue weighted by molar-refractivity contribution is -0.167. The lowest BCUT2D eigenvalue weighted by Crippen LogP contribution is -2.30. The fourth-order valence-electron chi connectivity index (χ4n) is 9.97. The van der Waals surface area contributed by atoms with E-state index in [4.69, 9.17) is 14.2 Å². The molecule has 0 heterocycles. The van der Waals surface area contributed by atoms with E-state index in [-0.39, 0.29) is 37.5 Å². The zero-order chi connectivity index (χ0) is 58.5. The number of hydrogen-bond donors (Lipinski definition) is 0. The number of hydrogen-bond acceptors (Lipinski definition) is 6. The molecule has 0 aliphatic heterocycles. The Morgan fingerprint density at radius 1 is 0.259 bits per heavy atom. The van der Waals surface area contributed by atoms with E-state index in [0.29, 0.717) is 19.3 Å². The smallest absolute Gasteiger partial charge is 0.306 e. The van der Waals surface area contributed by atoms with Gasteiger partial charge in [-0.25, -0.2) is 0 Å². The Hall–Kier alpha value is -3.67. The predicted molar refractivity (Wildman–Crippen MR) is 353 cm³/mol. The summed E-state index contributed by atoms with van der Waals surface area (Å²) in [5.41, 5.74) is 0. The van der Waals surface area contributed by atoms with Gasteiger partial charge in [0, 0.05) is 19.3 Å². The molecule has 0 bridgehead atoms. The number of rotatable bonds is 63. The molecule has 0 aromatic carbocycles. The van der Waals surface area contributed by atoms with Gasteiger partial charge in [-0.1, -0.05) is 330 Å². The lowest BCUT2D eigenvalue weighted by atomic mass is 10.0. The molecule has 1 atom stereocenters. The minimum Gasteiger partial charge on any atom is -0.462 e. The number of carbonyl (C=O) groups is 3. The molecule has 0 aliphatic carbocycles. The summed E-state index contributed by atoms with van der Waals surface area (Å²) in [6.07, 6.45) is 93.3. The molecule has 0 N–H and O–H groups in total. The second kappa shape index (κ2) is 68.8. The Kier molecular flexibility index (Phi) is 65.7. The molecule has 0 aliphatic rings. The van der Waals surface area contributed by atoms with Gasteiger partial charge in [-0.05, 0) is 89.9 Å². The van der Waals surface area contributed by atoms with Gasteiger partial charge in [-0.2, -0.15) is 0 Å². The predicted octanol–water partition coefficient (Wildman–Crippen LogP) is 24.0. The number of esters is 3. The molecule has 0 aromatic rings. The highest BCUT2D eigenvalue weighted by molar-refractivity contribution is 5.71. The highest BCUT2D eigenvalue weighted by Crippen LogP contribution is 2.18. The van der Waals surface area contributed by atoms with Crippen molar-refractivity contribution in [3.05, 3.63) is 97.2 Å². The summed E-state index contributed by atoms with van der Waals surface area (Å²) in [6.45, 7) is 6.37. The van der Waals surface area contributed by atoms with E-state index in [0.717, 1.165) is 103 Å². The maximum atomic E-state index is 12.9. The molecule has 6 heteroatoms. The van der Waals surface area contributed by atoms with Gasteiger partial charge in [-0.15, -0.1) is 0 Å². The average Bonchev–Trinajstić information content (AvgIpc) is 3.46. The maximum absolute atomic E-state index is 12.9. The van der Waals surface area contributed by atoms with E-state index < -0.39 is 6.10 Å². The van der Waals surface area contributed by atoms with Crippen LogP contribution in [0.3, 0.4) is 0 Å². The quantitative estimate of drug-likeness (QED) is 0.0261. The number of unbranched alkanes of at least 4 members (excludes halogenated alkanes) is 36. The Bertz CT molecular complexity index is 1580. The van der Waals surface area contributed by atoms with E-state index >= 15 is 0 Å². The Balaban J connectivity index is 4.18. The second-order valence-electron chi connectivity index (χ2n) is 23.0. The van der Waals surface area contributed by atoms with Crippen LogP contribution in [0.2, 0.25) is 0 Å². The Morgan fingerprint density at radius 3 is 0.790 bits per heavy atom. The minimum absolute atomic E-state index is 0.108. The molecule has 6 nitrogen and oxygen atoms in total. The standard InChI is InChI=1S/C75H130O6/c1-4-7-10-13-16-19-22-25-27-29-30-31-32-33-34-35-36-37-38-39-40-41-42-43-44-46-47-50-53-56-59-62-65-68-74(77)80-71-72(70-79-73(76)67-64-61-58-55-52-49-24-21-18-15-12-9-6-3)81-75(78)69-66-63-60-57-54-51-48-45-28-26-23-20-17-14-11-8-5-2/h8-9,11-12,17-18,20-21,26,28,48-49,51-52,57,60,72H,4-7,10,13-16,19,22-25,27,29-47,50,53-56,58-59,61-71H2,1-3H3/b11-8-,12-9-,20-17-,21-18-,28-26-,51-48-,52-49-,60-57-. The first-order valence-corrected chi connectivity index (χ1v) is 34.7. The molecule has 0 saturated carbocycles. The fourth-order valence-corrected chi connectivity index (χ4v) is 9.97. The summed E-state index contributed by atoms with van der Waals surface area (Å²) in [5, 5.41) is 0. The van der Waals surface area contributed by atoms with Crippen LogP contribution < -0.4 is 0 Å². The van der Waals surface area contributed by atoms with Crippen LogP contribution in [0.15, 0.2) is 97.2 Å². The molecule has 1 unspecified atom stereocenters. The summed E-state index contributed by atoms with van der Waals surface area (Å²) in [4.78, 5) is 38.3. The molecule has 0 spiro atoms. The summed E-state index contributed by atoms with van der Waals surface area (Å²) in [7, 11) is 0. The van der Waals surface area contributed by atoms with Crippen molar-refractivity contribution in [3.8, 4) is 0 Å². The van der Waals surface area contributed by atoms with Crippen molar-refractivity contribution in [2.24, 2.45) is 0 Å². The number of allylic oxidation sites excluding steroid dienone is 16. The van der Waals surface area contributed by atoms with E-state index in [2.05, 4.69) is 118 Å². The molecular weight excluding hydrogens is 997 g/mol. The second-order valence-corrected chi connectivity index (χ2v) is 23.0. The van der Waals surface area contributed by atoms with Gasteiger partial charge in [-0.3, -0.25) is 14.4 Å².